The summed E-state index contributed by atoms with van der Waals surface area (Å²) in [6, 6.07) is 2.12. The summed E-state index contributed by atoms with van der Waals surface area (Å²) in [5.74, 6) is -36.8. The van der Waals surface area contributed by atoms with E-state index in [0.717, 1.165) is 12.1 Å². The van der Waals surface area contributed by atoms with Crippen molar-refractivity contribution in [3.63, 3.8) is 0 Å². The first-order valence-corrected chi connectivity index (χ1v) is 10.7. The lowest BCUT2D eigenvalue weighted by Gasteiger charge is -2.43. The summed E-state index contributed by atoms with van der Waals surface area (Å²) in [6.07, 6.45) is -23.1. The monoisotopic (exact) mass is 640 g/mol. The highest BCUT2D eigenvalue weighted by Crippen LogP contribution is 2.65. The third kappa shape index (κ3) is 6.10. The Kier molecular flexibility index (Phi) is 9.91. The number of carbonyl (C=O) groups is 1. The molecule has 0 saturated heterocycles. The van der Waals surface area contributed by atoms with Gasteiger partial charge in [0.2, 0.25) is 0 Å². The lowest BCUT2D eigenvalue weighted by molar-refractivity contribution is -0.474. The van der Waals surface area contributed by atoms with Gasteiger partial charge >= 0.3 is 53.8 Å². The number of ether oxygens (including phenoxy) is 2. The first kappa shape index (κ1) is 36.3. The Hall–Kier alpha value is -2.70. The highest BCUT2D eigenvalue weighted by atomic mass is 19.4. The van der Waals surface area contributed by atoms with E-state index >= 15 is 0 Å². The summed E-state index contributed by atoms with van der Waals surface area (Å²) in [6.45, 7) is 2.87. The van der Waals surface area contributed by atoms with E-state index in [1.807, 2.05) is 0 Å². The molecule has 0 bridgehead atoms. The molecule has 238 valence electrons. The van der Waals surface area contributed by atoms with Crippen LogP contribution in [-0.2, 0) is 16.0 Å². The number of halogens is 17. The summed E-state index contributed by atoms with van der Waals surface area (Å²) in [4.78, 5) is 11.5. The minimum atomic E-state index is -8.83. The molecular weight excluding hydrogens is 623 g/mol. The van der Waals surface area contributed by atoms with Crippen molar-refractivity contribution in [3.05, 3.63) is 29.8 Å². The Balaban J connectivity index is 3.32. The highest BCUT2D eigenvalue weighted by Gasteiger charge is 2.97. The molecule has 0 N–H and O–H groups in total. The van der Waals surface area contributed by atoms with E-state index in [9.17, 15) is 79.4 Å². The molecule has 3 nitrogen and oxygen atoms in total. The van der Waals surface area contributed by atoms with Crippen LogP contribution in [-0.4, -0.2) is 60.4 Å². The van der Waals surface area contributed by atoms with Crippen LogP contribution in [0.4, 0.5) is 74.6 Å². The molecule has 0 aliphatic rings. The average Bonchev–Trinajstić information content (AvgIpc) is 2.81. The first-order chi connectivity index (χ1) is 18.1. The maximum Gasteiger partial charge on any atom is 0.471 e. The van der Waals surface area contributed by atoms with Gasteiger partial charge in [-0.25, -0.2) is 4.39 Å². The Morgan fingerprint density at radius 1 is 0.683 bits per heavy atom. The number of alkyl halides is 17. The molecule has 1 aromatic carbocycles. The number of hydrogen-bond donors (Lipinski definition) is 0. The molecule has 0 aliphatic carbocycles. The van der Waals surface area contributed by atoms with E-state index in [2.05, 4.69) is 4.74 Å². The fourth-order valence-corrected chi connectivity index (χ4v) is 2.82. The zero-order valence-corrected chi connectivity index (χ0v) is 20.2. The molecule has 0 heterocycles. The van der Waals surface area contributed by atoms with Gasteiger partial charge in [-0.2, -0.15) is 70.2 Å². The summed E-state index contributed by atoms with van der Waals surface area (Å²) >= 11 is 0. The van der Waals surface area contributed by atoms with Gasteiger partial charge in [0, 0.05) is 6.42 Å². The van der Waals surface area contributed by atoms with E-state index in [-0.39, 0.29) is 18.6 Å². The molecule has 0 saturated carbocycles. The minimum absolute atomic E-state index is 0.0828. The topological polar surface area (TPSA) is 35.5 Å². The number of hydrogen-bond acceptors (Lipinski definition) is 3. The lowest BCUT2D eigenvalue weighted by Crippen LogP contribution is -2.77. The van der Waals surface area contributed by atoms with Crippen LogP contribution in [0.25, 0.3) is 0 Å². The molecule has 0 spiro atoms. The van der Waals surface area contributed by atoms with E-state index in [1.54, 1.807) is 6.92 Å². The van der Waals surface area contributed by atoms with Gasteiger partial charge in [-0.3, -0.25) is 4.79 Å². The standard InChI is InChI=1S/C21H17F17O3/c1-3-10(2)13(39)40-9-8-11-4-6-12(7-5-11)41-21(37,38)18(29,30)17(27,28)16(25,26)15(23,24)14(22,19(31,32)33)20(34,35)36/h4-7,10H,3,8-9H2,1-2H3. The molecule has 0 amide bonds. The molecule has 20 heteroatoms. The lowest BCUT2D eigenvalue weighted by atomic mass is 9.85. The van der Waals surface area contributed by atoms with Crippen LogP contribution in [0.15, 0.2) is 24.3 Å². The number of benzene rings is 1. The van der Waals surface area contributed by atoms with Gasteiger partial charge in [-0.05, 0) is 24.1 Å². The van der Waals surface area contributed by atoms with Gasteiger partial charge in [-0.15, -0.1) is 0 Å². The van der Waals surface area contributed by atoms with Crippen LogP contribution in [0.1, 0.15) is 25.8 Å². The maximum atomic E-state index is 13.9. The van der Waals surface area contributed by atoms with E-state index in [4.69, 9.17) is 4.74 Å². The van der Waals surface area contributed by atoms with Crippen molar-refractivity contribution >= 4 is 5.97 Å². The maximum absolute atomic E-state index is 13.9. The zero-order chi connectivity index (χ0) is 32.7. The van der Waals surface area contributed by atoms with Gasteiger partial charge in [0.1, 0.15) is 5.75 Å². The van der Waals surface area contributed by atoms with E-state index < -0.39 is 65.5 Å². The third-order valence-electron chi connectivity index (χ3n) is 5.58. The molecule has 41 heavy (non-hydrogen) atoms. The van der Waals surface area contributed by atoms with Gasteiger partial charge in [0.05, 0.1) is 12.5 Å². The second-order valence-corrected chi connectivity index (χ2v) is 8.44. The Morgan fingerprint density at radius 2 is 1.10 bits per heavy atom. The summed E-state index contributed by atoms with van der Waals surface area (Å²) in [5.41, 5.74) is -8.52. The SMILES string of the molecule is CCC(C)C(=O)OCCc1ccc(OC(F)(F)C(F)(F)C(F)(F)C(F)(F)C(F)(F)C(F)(C(F)(F)F)C(F)(F)F)cc1. The van der Waals surface area contributed by atoms with Crippen LogP contribution in [0.3, 0.4) is 0 Å². The van der Waals surface area contributed by atoms with Crippen molar-refractivity contribution in [3.8, 4) is 5.75 Å². The van der Waals surface area contributed by atoms with Crippen LogP contribution < -0.4 is 4.74 Å². The van der Waals surface area contributed by atoms with Crippen molar-refractivity contribution in [2.75, 3.05) is 6.61 Å². The normalized spacial score (nSPS) is 15.5. The predicted octanol–water partition coefficient (Wildman–Crippen LogP) is 8.16. The summed E-state index contributed by atoms with van der Waals surface area (Å²) < 4.78 is 235. The number of esters is 1. The molecular formula is C21H17F17O3. The largest absolute Gasteiger partial charge is 0.471 e. The molecule has 1 aromatic rings. The molecule has 1 atom stereocenters. The fourth-order valence-electron chi connectivity index (χ4n) is 2.82. The van der Waals surface area contributed by atoms with Crippen LogP contribution in [0.2, 0.25) is 0 Å². The van der Waals surface area contributed by atoms with Crippen LogP contribution in [0.5, 0.6) is 5.75 Å². The Labute approximate surface area is 218 Å². The summed E-state index contributed by atoms with van der Waals surface area (Å²) in [5, 5.41) is 0. The van der Waals surface area contributed by atoms with E-state index in [1.165, 1.54) is 6.92 Å². The number of carbonyl (C=O) groups excluding carboxylic acids is 1. The van der Waals surface area contributed by atoms with Crippen LogP contribution in [0, 0.1) is 5.92 Å². The quantitative estimate of drug-likeness (QED) is 0.171. The predicted molar refractivity (Wildman–Crippen MR) is 102 cm³/mol. The van der Waals surface area contributed by atoms with Gasteiger partial charge < -0.3 is 9.47 Å². The van der Waals surface area contributed by atoms with Crippen molar-refractivity contribution in [2.45, 2.75) is 74.5 Å². The van der Waals surface area contributed by atoms with Gasteiger partial charge in [-0.1, -0.05) is 26.0 Å². The molecule has 0 radical (unpaired) electrons. The molecule has 0 aromatic heterocycles. The average molecular weight is 640 g/mol. The Bertz CT molecular complexity index is 1030. The van der Waals surface area contributed by atoms with E-state index in [0.29, 0.717) is 18.6 Å². The van der Waals surface area contributed by atoms with Gasteiger partial charge in [0.25, 0.3) is 0 Å². The summed E-state index contributed by atoms with van der Waals surface area (Å²) in [7, 11) is 0. The van der Waals surface area contributed by atoms with Gasteiger partial charge in [0.15, 0.2) is 0 Å². The second-order valence-electron chi connectivity index (χ2n) is 8.44. The van der Waals surface area contributed by atoms with Crippen molar-refractivity contribution in [1.82, 2.24) is 0 Å². The molecule has 1 rings (SSSR count). The second kappa shape index (κ2) is 11.2. The third-order valence-corrected chi connectivity index (χ3v) is 5.58. The molecule has 0 fully saturated rings. The Morgan fingerprint density at radius 3 is 1.49 bits per heavy atom. The highest BCUT2D eigenvalue weighted by molar-refractivity contribution is 5.71. The van der Waals surface area contributed by atoms with Crippen molar-refractivity contribution < 1.29 is 88.9 Å². The fraction of sp³-hybridized carbons (Fsp3) is 0.667. The zero-order valence-electron chi connectivity index (χ0n) is 20.2. The molecule has 0 aliphatic heterocycles. The molecule has 1 unspecified atom stereocenters. The number of rotatable bonds is 12. The van der Waals surface area contributed by atoms with Crippen molar-refractivity contribution in [1.29, 1.82) is 0 Å². The van der Waals surface area contributed by atoms with Crippen molar-refractivity contribution in [2.24, 2.45) is 5.92 Å². The first-order valence-electron chi connectivity index (χ1n) is 10.7. The van der Waals surface area contributed by atoms with Crippen LogP contribution >= 0.6 is 0 Å². The smallest absolute Gasteiger partial charge is 0.465 e. The minimum Gasteiger partial charge on any atom is -0.465 e.